The van der Waals surface area contributed by atoms with Gasteiger partial charge in [0.25, 0.3) is 0 Å². The second-order valence-corrected chi connectivity index (χ2v) is 5.27. The summed E-state index contributed by atoms with van der Waals surface area (Å²) in [4.78, 5) is 24.2. The molecule has 3 atom stereocenters. The van der Waals surface area contributed by atoms with Gasteiger partial charge in [0, 0.05) is 6.54 Å². The lowest BCUT2D eigenvalue weighted by atomic mass is 9.84. The summed E-state index contributed by atoms with van der Waals surface area (Å²) in [5, 5.41) is 1.95. The smallest absolute Gasteiger partial charge is 0.325 e. The van der Waals surface area contributed by atoms with Crippen LogP contribution in [0.2, 0.25) is 0 Å². The van der Waals surface area contributed by atoms with E-state index in [1.54, 1.807) is 0 Å². The van der Waals surface area contributed by atoms with E-state index in [0.717, 1.165) is 18.5 Å². The molecule has 1 fully saturated rings. The molecule has 0 aliphatic carbocycles. The number of esters is 2. The van der Waals surface area contributed by atoms with Gasteiger partial charge in [0.05, 0.1) is 20.3 Å². The van der Waals surface area contributed by atoms with Crippen molar-refractivity contribution in [2.75, 3.05) is 20.8 Å². The molecule has 3 rings (SSSR count). The maximum absolute atomic E-state index is 12.2. The molecule has 1 N–H and O–H groups in total. The van der Waals surface area contributed by atoms with Crippen LogP contribution in [0.1, 0.15) is 17.2 Å². The third-order valence-corrected chi connectivity index (χ3v) is 4.26. The van der Waals surface area contributed by atoms with E-state index in [1.165, 1.54) is 19.8 Å². The van der Waals surface area contributed by atoms with Crippen molar-refractivity contribution in [1.29, 1.82) is 0 Å². The molecule has 2 aliphatic rings. The Labute approximate surface area is 123 Å². The highest BCUT2D eigenvalue weighted by Crippen LogP contribution is 2.40. The Morgan fingerprint density at radius 1 is 1.19 bits per heavy atom. The number of methoxy groups -OCH3 is 2. The lowest BCUT2D eigenvalue weighted by Crippen LogP contribution is -2.44. The van der Waals surface area contributed by atoms with Gasteiger partial charge < -0.3 is 9.47 Å². The molecular formula is C15H18N2O4. The van der Waals surface area contributed by atoms with Crippen molar-refractivity contribution in [1.82, 2.24) is 10.4 Å². The first-order chi connectivity index (χ1) is 10.2. The highest BCUT2D eigenvalue weighted by atomic mass is 16.5. The quantitative estimate of drug-likeness (QED) is 0.797. The average Bonchev–Trinajstić information content (AvgIpc) is 2.93. The summed E-state index contributed by atoms with van der Waals surface area (Å²) in [6.45, 7) is 0.739. The molecule has 0 saturated carbocycles. The van der Waals surface area contributed by atoms with Crippen molar-refractivity contribution in [3.05, 3.63) is 35.4 Å². The van der Waals surface area contributed by atoms with Gasteiger partial charge in [-0.05, 0) is 17.5 Å². The predicted octanol–water partition coefficient (Wildman–Crippen LogP) is 0.435. The van der Waals surface area contributed by atoms with Crippen LogP contribution in [0.3, 0.4) is 0 Å². The van der Waals surface area contributed by atoms with Crippen LogP contribution in [0.5, 0.6) is 0 Å². The molecule has 1 aromatic rings. The zero-order valence-electron chi connectivity index (χ0n) is 12.0. The van der Waals surface area contributed by atoms with Crippen molar-refractivity contribution in [2.45, 2.75) is 18.5 Å². The predicted molar refractivity (Wildman–Crippen MR) is 74.0 cm³/mol. The van der Waals surface area contributed by atoms with Gasteiger partial charge in [-0.25, -0.2) is 10.4 Å². The van der Waals surface area contributed by atoms with Gasteiger partial charge >= 0.3 is 11.9 Å². The molecule has 0 amide bonds. The third kappa shape index (κ3) is 2.20. The summed E-state index contributed by atoms with van der Waals surface area (Å²) in [5.74, 6) is -1.46. The SMILES string of the molecule is COC(=O)[C@@H]1[C@H]2c3ccccc3CCN2N[C@H]1C(=O)OC. The summed E-state index contributed by atoms with van der Waals surface area (Å²) >= 11 is 0. The molecule has 0 aromatic heterocycles. The third-order valence-electron chi connectivity index (χ3n) is 4.26. The standard InChI is InChI=1S/C15H18N2O4/c1-20-14(18)11-12(15(19)21-2)16-17-8-7-9-5-3-4-6-10(9)13(11)17/h3-6,11-13,16H,7-8H2,1-2H3/t11-,12+,13+/m0/s1. The number of nitrogens with one attached hydrogen (secondary N) is 1. The second-order valence-electron chi connectivity index (χ2n) is 5.27. The zero-order chi connectivity index (χ0) is 15.0. The summed E-state index contributed by atoms with van der Waals surface area (Å²) < 4.78 is 9.73. The number of benzene rings is 1. The van der Waals surface area contributed by atoms with E-state index in [1.807, 2.05) is 23.2 Å². The first-order valence-electron chi connectivity index (χ1n) is 6.93. The largest absolute Gasteiger partial charge is 0.469 e. The molecule has 21 heavy (non-hydrogen) atoms. The summed E-state index contributed by atoms with van der Waals surface area (Å²) in [5.41, 5.74) is 5.38. The minimum Gasteiger partial charge on any atom is -0.469 e. The Kier molecular flexibility index (Phi) is 3.65. The average molecular weight is 290 g/mol. The number of nitrogens with zero attached hydrogens (tertiary/aromatic N) is 1. The number of ether oxygens (including phenoxy) is 2. The molecule has 6 heteroatoms. The van der Waals surface area contributed by atoms with E-state index >= 15 is 0 Å². The monoisotopic (exact) mass is 290 g/mol. The highest BCUT2D eigenvalue weighted by molar-refractivity contribution is 5.86. The normalized spacial score (nSPS) is 27.6. The number of hydrazine groups is 1. The molecule has 2 aliphatic heterocycles. The Balaban J connectivity index is 2.03. The summed E-state index contributed by atoms with van der Waals surface area (Å²) in [6.07, 6.45) is 0.876. The lowest BCUT2D eigenvalue weighted by Gasteiger charge is -2.32. The van der Waals surface area contributed by atoms with E-state index in [2.05, 4.69) is 11.5 Å². The van der Waals surface area contributed by atoms with Crippen LogP contribution < -0.4 is 5.43 Å². The Morgan fingerprint density at radius 3 is 2.62 bits per heavy atom. The number of fused-ring (bicyclic) bond motifs is 3. The number of rotatable bonds is 2. The number of hydrogen-bond acceptors (Lipinski definition) is 6. The van der Waals surface area contributed by atoms with Crippen LogP contribution in [0.25, 0.3) is 0 Å². The van der Waals surface area contributed by atoms with Gasteiger partial charge in [0.15, 0.2) is 0 Å². The van der Waals surface area contributed by atoms with Crippen LogP contribution in [0.15, 0.2) is 24.3 Å². The topological polar surface area (TPSA) is 67.9 Å². The first-order valence-corrected chi connectivity index (χ1v) is 6.93. The fourth-order valence-electron chi connectivity index (χ4n) is 3.30. The van der Waals surface area contributed by atoms with Crippen LogP contribution >= 0.6 is 0 Å². The molecule has 0 spiro atoms. The molecule has 1 saturated heterocycles. The minimum absolute atomic E-state index is 0.202. The van der Waals surface area contributed by atoms with E-state index in [0.29, 0.717) is 0 Å². The fraction of sp³-hybridized carbons (Fsp3) is 0.467. The molecule has 0 bridgehead atoms. The molecule has 2 heterocycles. The number of carbonyl (C=O) groups is 2. The minimum atomic E-state index is -0.710. The van der Waals surface area contributed by atoms with E-state index in [4.69, 9.17) is 9.47 Å². The van der Waals surface area contributed by atoms with Gasteiger partial charge in [-0.15, -0.1) is 0 Å². The van der Waals surface area contributed by atoms with Gasteiger partial charge in [0.1, 0.15) is 12.0 Å². The highest BCUT2D eigenvalue weighted by Gasteiger charge is 2.52. The van der Waals surface area contributed by atoms with E-state index in [9.17, 15) is 9.59 Å². The van der Waals surface area contributed by atoms with Crippen molar-refractivity contribution >= 4 is 11.9 Å². The van der Waals surface area contributed by atoms with Crippen LogP contribution in [0.4, 0.5) is 0 Å². The van der Waals surface area contributed by atoms with Crippen molar-refractivity contribution in [3.63, 3.8) is 0 Å². The molecular weight excluding hydrogens is 272 g/mol. The first kappa shape index (κ1) is 14.0. The summed E-state index contributed by atoms with van der Waals surface area (Å²) in [7, 11) is 2.66. The molecule has 112 valence electrons. The Morgan fingerprint density at radius 2 is 1.90 bits per heavy atom. The number of hydrogen-bond donors (Lipinski definition) is 1. The maximum Gasteiger partial charge on any atom is 0.325 e. The van der Waals surface area contributed by atoms with Crippen LogP contribution in [0, 0.1) is 5.92 Å². The van der Waals surface area contributed by atoms with Crippen LogP contribution in [-0.2, 0) is 25.5 Å². The molecule has 0 unspecified atom stereocenters. The second kappa shape index (κ2) is 5.46. The van der Waals surface area contributed by atoms with Gasteiger partial charge in [-0.2, -0.15) is 0 Å². The number of carbonyl (C=O) groups excluding carboxylic acids is 2. The van der Waals surface area contributed by atoms with Crippen molar-refractivity contribution in [3.8, 4) is 0 Å². The molecule has 0 radical (unpaired) electrons. The zero-order valence-corrected chi connectivity index (χ0v) is 12.0. The van der Waals surface area contributed by atoms with Gasteiger partial charge in [-0.1, -0.05) is 24.3 Å². The van der Waals surface area contributed by atoms with E-state index in [-0.39, 0.29) is 6.04 Å². The molecule has 6 nitrogen and oxygen atoms in total. The van der Waals surface area contributed by atoms with Gasteiger partial charge in [-0.3, -0.25) is 9.59 Å². The maximum atomic E-state index is 12.2. The van der Waals surface area contributed by atoms with Crippen molar-refractivity contribution in [2.24, 2.45) is 5.92 Å². The Bertz CT molecular complexity index is 575. The fourth-order valence-corrected chi connectivity index (χ4v) is 3.30. The van der Waals surface area contributed by atoms with E-state index < -0.39 is 23.9 Å². The Hall–Kier alpha value is -1.92. The van der Waals surface area contributed by atoms with Crippen LogP contribution in [-0.4, -0.2) is 43.8 Å². The summed E-state index contributed by atoms with van der Waals surface area (Å²) in [6, 6.07) is 7.09. The van der Waals surface area contributed by atoms with Crippen molar-refractivity contribution < 1.29 is 19.1 Å². The lowest BCUT2D eigenvalue weighted by molar-refractivity contribution is -0.153. The molecule has 1 aromatic carbocycles. The van der Waals surface area contributed by atoms with Gasteiger partial charge in [0.2, 0.25) is 0 Å².